The number of hydrogen-bond acceptors (Lipinski definition) is 1. The van der Waals surface area contributed by atoms with Gasteiger partial charge in [-0.2, -0.15) is 0 Å². The lowest BCUT2D eigenvalue weighted by atomic mass is 9.94. The summed E-state index contributed by atoms with van der Waals surface area (Å²) in [6.07, 6.45) is 1.88. The topological polar surface area (TPSA) is 17.1 Å². The summed E-state index contributed by atoms with van der Waals surface area (Å²) in [5.74, 6) is 0.121. The molecule has 0 saturated heterocycles. The summed E-state index contributed by atoms with van der Waals surface area (Å²) in [6, 6.07) is 4.40. The lowest BCUT2D eigenvalue weighted by molar-refractivity contribution is -0.110. The Morgan fingerprint density at radius 2 is 1.71 bits per heavy atom. The Kier molecular flexibility index (Phi) is 3.45. The van der Waals surface area contributed by atoms with E-state index in [0.29, 0.717) is 0 Å². The van der Waals surface area contributed by atoms with E-state index in [1.807, 2.05) is 6.92 Å². The predicted octanol–water partition coefficient (Wildman–Crippen LogP) is 2.99. The second kappa shape index (κ2) is 4.41. The molecule has 1 aromatic rings. The van der Waals surface area contributed by atoms with Gasteiger partial charge in [-0.25, -0.2) is 0 Å². The molecule has 0 bridgehead atoms. The van der Waals surface area contributed by atoms with Crippen molar-refractivity contribution in [1.82, 2.24) is 0 Å². The summed E-state index contributed by atoms with van der Waals surface area (Å²) < 4.78 is 0. The van der Waals surface area contributed by atoms with Crippen molar-refractivity contribution in [2.75, 3.05) is 0 Å². The second-order valence-electron chi connectivity index (χ2n) is 4.18. The van der Waals surface area contributed by atoms with Crippen LogP contribution in [-0.2, 0) is 11.2 Å². The average molecular weight is 190 g/mol. The van der Waals surface area contributed by atoms with Crippen molar-refractivity contribution in [1.29, 1.82) is 0 Å². The molecule has 0 spiro atoms. The average Bonchev–Trinajstić information content (AvgIpc) is 2.14. The first-order valence-corrected chi connectivity index (χ1v) is 5.06. The SMILES string of the molecule is Cc1cc(C)c(CC(C)C=O)cc1C. The van der Waals surface area contributed by atoms with E-state index in [1.165, 1.54) is 22.3 Å². The van der Waals surface area contributed by atoms with Crippen LogP contribution in [0.25, 0.3) is 0 Å². The van der Waals surface area contributed by atoms with Crippen LogP contribution in [0.15, 0.2) is 12.1 Å². The Hall–Kier alpha value is -1.11. The van der Waals surface area contributed by atoms with Crippen LogP contribution in [0.5, 0.6) is 0 Å². The molecule has 0 amide bonds. The van der Waals surface area contributed by atoms with Crippen LogP contribution in [-0.4, -0.2) is 6.29 Å². The van der Waals surface area contributed by atoms with E-state index in [-0.39, 0.29) is 5.92 Å². The minimum absolute atomic E-state index is 0.121. The Balaban J connectivity index is 2.97. The highest BCUT2D eigenvalue weighted by atomic mass is 16.1. The van der Waals surface area contributed by atoms with Gasteiger partial charge in [0.25, 0.3) is 0 Å². The van der Waals surface area contributed by atoms with Crippen LogP contribution in [0.2, 0.25) is 0 Å². The highest BCUT2D eigenvalue weighted by Crippen LogP contribution is 2.17. The first-order chi connectivity index (χ1) is 6.54. The fourth-order valence-corrected chi connectivity index (χ4v) is 1.64. The molecule has 0 N–H and O–H groups in total. The highest BCUT2D eigenvalue weighted by molar-refractivity contribution is 5.54. The number of aldehydes is 1. The van der Waals surface area contributed by atoms with Crippen LogP contribution < -0.4 is 0 Å². The van der Waals surface area contributed by atoms with Crippen molar-refractivity contribution in [3.63, 3.8) is 0 Å². The fraction of sp³-hybridized carbons (Fsp3) is 0.462. The van der Waals surface area contributed by atoms with Crippen LogP contribution >= 0.6 is 0 Å². The maximum Gasteiger partial charge on any atom is 0.123 e. The van der Waals surface area contributed by atoms with Gasteiger partial charge in [0.2, 0.25) is 0 Å². The molecule has 1 unspecified atom stereocenters. The molecule has 0 aliphatic heterocycles. The molecule has 1 rings (SSSR count). The molecule has 1 atom stereocenters. The summed E-state index contributed by atoms with van der Waals surface area (Å²) in [4.78, 5) is 10.6. The number of carbonyl (C=O) groups excluding carboxylic acids is 1. The van der Waals surface area contributed by atoms with Gasteiger partial charge in [-0.1, -0.05) is 19.1 Å². The number of aryl methyl sites for hydroxylation is 3. The molecule has 0 radical (unpaired) electrons. The second-order valence-corrected chi connectivity index (χ2v) is 4.18. The number of rotatable bonds is 3. The molecule has 0 saturated carbocycles. The zero-order valence-electron chi connectivity index (χ0n) is 9.42. The predicted molar refractivity (Wildman–Crippen MR) is 59.6 cm³/mol. The molecule has 14 heavy (non-hydrogen) atoms. The maximum absolute atomic E-state index is 10.6. The Morgan fingerprint density at radius 1 is 1.14 bits per heavy atom. The summed E-state index contributed by atoms with van der Waals surface area (Å²) in [5, 5.41) is 0. The van der Waals surface area contributed by atoms with E-state index < -0.39 is 0 Å². The molecule has 1 nitrogen and oxygen atoms in total. The molecule has 1 aromatic carbocycles. The van der Waals surface area contributed by atoms with Crippen molar-refractivity contribution in [3.8, 4) is 0 Å². The quantitative estimate of drug-likeness (QED) is 0.670. The van der Waals surface area contributed by atoms with E-state index >= 15 is 0 Å². The van der Waals surface area contributed by atoms with Gasteiger partial charge in [-0.3, -0.25) is 0 Å². The third-order valence-corrected chi connectivity index (χ3v) is 2.73. The van der Waals surface area contributed by atoms with Crippen molar-refractivity contribution < 1.29 is 4.79 Å². The smallest absolute Gasteiger partial charge is 0.123 e. The summed E-state index contributed by atoms with van der Waals surface area (Å²) in [6.45, 7) is 8.31. The fourth-order valence-electron chi connectivity index (χ4n) is 1.64. The van der Waals surface area contributed by atoms with E-state index in [0.717, 1.165) is 12.7 Å². The third kappa shape index (κ3) is 2.44. The zero-order chi connectivity index (χ0) is 10.7. The van der Waals surface area contributed by atoms with E-state index in [9.17, 15) is 4.79 Å². The molecule has 0 aliphatic rings. The Bertz CT molecular complexity index is 339. The van der Waals surface area contributed by atoms with Gasteiger partial charge in [0.05, 0.1) is 0 Å². The lowest BCUT2D eigenvalue weighted by Crippen LogP contribution is -2.03. The normalized spacial score (nSPS) is 12.6. The minimum atomic E-state index is 0.121. The molecule has 1 heteroatoms. The zero-order valence-corrected chi connectivity index (χ0v) is 9.42. The summed E-state index contributed by atoms with van der Waals surface area (Å²) in [5.41, 5.74) is 5.23. The first kappa shape index (κ1) is 11.0. The van der Waals surface area contributed by atoms with Crippen LogP contribution in [0, 0.1) is 26.7 Å². The summed E-state index contributed by atoms with van der Waals surface area (Å²) >= 11 is 0. The largest absolute Gasteiger partial charge is 0.303 e. The molecule has 0 aromatic heterocycles. The number of hydrogen-bond donors (Lipinski definition) is 0. The number of carbonyl (C=O) groups is 1. The van der Waals surface area contributed by atoms with Gasteiger partial charge in [-0.05, 0) is 49.4 Å². The molecule has 0 heterocycles. The van der Waals surface area contributed by atoms with E-state index in [4.69, 9.17) is 0 Å². The minimum Gasteiger partial charge on any atom is -0.303 e. The maximum atomic E-state index is 10.6. The van der Waals surface area contributed by atoms with Crippen LogP contribution in [0.4, 0.5) is 0 Å². The van der Waals surface area contributed by atoms with Crippen molar-refractivity contribution >= 4 is 6.29 Å². The van der Waals surface area contributed by atoms with Gasteiger partial charge in [0, 0.05) is 5.92 Å². The van der Waals surface area contributed by atoms with Gasteiger partial charge in [0.1, 0.15) is 6.29 Å². The number of benzene rings is 1. The summed E-state index contributed by atoms with van der Waals surface area (Å²) in [7, 11) is 0. The monoisotopic (exact) mass is 190 g/mol. The van der Waals surface area contributed by atoms with Gasteiger partial charge in [0.15, 0.2) is 0 Å². The highest BCUT2D eigenvalue weighted by Gasteiger charge is 2.06. The van der Waals surface area contributed by atoms with Crippen LogP contribution in [0.3, 0.4) is 0 Å². The van der Waals surface area contributed by atoms with E-state index in [2.05, 4.69) is 32.9 Å². The van der Waals surface area contributed by atoms with Gasteiger partial charge in [-0.15, -0.1) is 0 Å². The Labute approximate surface area is 86.1 Å². The third-order valence-electron chi connectivity index (χ3n) is 2.73. The lowest BCUT2D eigenvalue weighted by Gasteiger charge is -2.11. The van der Waals surface area contributed by atoms with Crippen molar-refractivity contribution in [3.05, 3.63) is 34.4 Å². The van der Waals surface area contributed by atoms with Crippen molar-refractivity contribution in [2.24, 2.45) is 5.92 Å². The molecular weight excluding hydrogens is 172 g/mol. The molecular formula is C13H18O. The standard InChI is InChI=1S/C13H18O/c1-9(8-14)5-13-7-11(3)10(2)6-12(13)4/h6-9H,5H2,1-4H3. The molecule has 0 fully saturated rings. The van der Waals surface area contributed by atoms with Gasteiger partial charge < -0.3 is 4.79 Å². The van der Waals surface area contributed by atoms with Gasteiger partial charge >= 0.3 is 0 Å². The van der Waals surface area contributed by atoms with Crippen molar-refractivity contribution in [2.45, 2.75) is 34.1 Å². The molecule has 0 aliphatic carbocycles. The first-order valence-electron chi connectivity index (χ1n) is 5.06. The molecule has 76 valence electrons. The van der Waals surface area contributed by atoms with Crippen LogP contribution in [0.1, 0.15) is 29.2 Å². The Morgan fingerprint density at radius 3 is 2.29 bits per heavy atom. The van der Waals surface area contributed by atoms with E-state index in [1.54, 1.807) is 0 Å².